The molecule has 3 aromatic rings. The summed E-state index contributed by atoms with van der Waals surface area (Å²) in [5.74, 6) is -3.38. The number of sulfonamides is 1. The summed E-state index contributed by atoms with van der Waals surface area (Å²) in [6.45, 7) is 6.34. The first-order valence-electron chi connectivity index (χ1n) is 20.5. The molecule has 7 atom stereocenters. The Labute approximate surface area is 361 Å². The van der Waals surface area contributed by atoms with Gasteiger partial charge in [-0.2, -0.15) is 13.2 Å². The van der Waals surface area contributed by atoms with Crippen LogP contribution in [0.3, 0.4) is 0 Å². The van der Waals surface area contributed by atoms with Gasteiger partial charge < -0.3 is 25.0 Å². The summed E-state index contributed by atoms with van der Waals surface area (Å²) in [6.07, 6.45) is 3.53. The summed E-state index contributed by atoms with van der Waals surface area (Å²) in [6, 6.07) is 4.18. The second-order valence-electron chi connectivity index (χ2n) is 17.7. The molecule has 15 nitrogen and oxygen atoms in total. The predicted molar refractivity (Wildman–Crippen MR) is 222 cm³/mol. The van der Waals surface area contributed by atoms with Crippen molar-refractivity contribution in [2.24, 2.45) is 17.8 Å². The lowest BCUT2D eigenvalue weighted by molar-refractivity contribution is -0.244. The number of rotatable bonds is 9. The van der Waals surface area contributed by atoms with Crippen LogP contribution in [0.5, 0.6) is 5.75 Å². The van der Waals surface area contributed by atoms with Gasteiger partial charge in [0.05, 0.1) is 33.1 Å². The fourth-order valence-electron chi connectivity index (χ4n) is 7.94. The molecular weight excluding hydrogens is 852 g/mol. The van der Waals surface area contributed by atoms with E-state index in [0.717, 1.165) is 4.88 Å². The maximum Gasteiger partial charge on any atom is 0.427 e. The fourth-order valence-corrected chi connectivity index (χ4v) is 9.83. The van der Waals surface area contributed by atoms with E-state index >= 15 is 0 Å². The van der Waals surface area contributed by atoms with E-state index in [0.29, 0.717) is 68.7 Å². The number of hydrogen-bond acceptors (Lipinski definition) is 12. The van der Waals surface area contributed by atoms with E-state index in [1.54, 1.807) is 55.3 Å². The number of pyridine rings is 2. The normalized spacial score (nSPS) is 28.2. The number of carbonyl (C=O) groups is 4. The first-order chi connectivity index (χ1) is 29.1. The maximum absolute atomic E-state index is 14.9. The van der Waals surface area contributed by atoms with Gasteiger partial charge >= 0.3 is 12.3 Å². The van der Waals surface area contributed by atoms with E-state index in [-0.39, 0.29) is 25.3 Å². The summed E-state index contributed by atoms with van der Waals surface area (Å²) in [5.41, 5.74) is -1.16. The highest BCUT2D eigenvalue weighted by molar-refractivity contribution is 7.91. The van der Waals surface area contributed by atoms with E-state index in [9.17, 15) is 40.8 Å². The first kappa shape index (κ1) is 44.9. The van der Waals surface area contributed by atoms with Crippen LogP contribution < -0.4 is 20.1 Å². The maximum atomic E-state index is 14.9. The number of allylic oxidation sites excluding steroid dienone is 1. The van der Waals surface area contributed by atoms with Crippen molar-refractivity contribution in [1.29, 1.82) is 0 Å². The average Bonchev–Trinajstić information content (AvgIpc) is 3.95. The Hall–Kier alpha value is -5.11. The average molecular weight is 902 g/mol. The fraction of sp³-hybridized carbons (Fsp3) is 0.548. The van der Waals surface area contributed by atoms with Gasteiger partial charge in [-0.05, 0) is 83.3 Å². The van der Waals surface area contributed by atoms with Crippen molar-refractivity contribution >= 4 is 45.2 Å². The minimum atomic E-state index is -4.92. The molecule has 2 saturated carbocycles. The van der Waals surface area contributed by atoms with Gasteiger partial charge in [-0.3, -0.25) is 29.1 Å². The van der Waals surface area contributed by atoms with Gasteiger partial charge in [0.25, 0.3) is 5.91 Å². The van der Waals surface area contributed by atoms with Crippen LogP contribution >= 0.6 is 11.3 Å². The summed E-state index contributed by atoms with van der Waals surface area (Å²) in [7, 11) is -4.09. The highest BCUT2D eigenvalue weighted by Crippen LogP contribution is 2.48. The Bertz CT molecular complexity index is 2330. The highest BCUT2D eigenvalue weighted by Gasteiger charge is 2.63. The zero-order valence-electron chi connectivity index (χ0n) is 34.9. The molecule has 2 aliphatic carbocycles. The van der Waals surface area contributed by atoms with Crippen molar-refractivity contribution in [1.82, 2.24) is 35.2 Å². The van der Waals surface area contributed by atoms with Crippen molar-refractivity contribution in [3.63, 3.8) is 0 Å². The van der Waals surface area contributed by atoms with Crippen molar-refractivity contribution < 1.29 is 50.2 Å². The van der Waals surface area contributed by atoms with E-state index in [4.69, 9.17) is 14.5 Å². The molecule has 334 valence electrons. The number of alkyl carbamates (subject to hydrolysis) is 1. The quantitative estimate of drug-likeness (QED) is 0.215. The van der Waals surface area contributed by atoms with Crippen molar-refractivity contribution in [3.8, 4) is 27.6 Å². The highest BCUT2D eigenvalue weighted by atomic mass is 32.2. The van der Waals surface area contributed by atoms with Crippen LogP contribution in [0.2, 0.25) is 0 Å². The van der Waals surface area contributed by atoms with Crippen LogP contribution in [0, 0.1) is 17.8 Å². The molecule has 0 aromatic carbocycles. The number of hydrogen-bond donors (Lipinski definition) is 3. The molecule has 62 heavy (non-hydrogen) atoms. The molecule has 3 N–H and O–H groups in total. The monoisotopic (exact) mass is 901 g/mol. The van der Waals surface area contributed by atoms with Gasteiger partial charge in [-0.15, -0.1) is 11.3 Å². The Morgan fingerprint density at radius 2 is 1.81 bits per heavy atom. The largest absolute Gasteiger partial charge is 0.488 e. The molecule has 4 aliphatic rings. The first-order valence-corrected chi connectivity index (χ1v) is 22.9. The van der Waals surface area contributed by atoms with Gasteiger partial charge in [0, 0.05) is 48.6 Å². The Morgan fingerprint density at radius 3 is 2.47 bits per heavy atom. The van der Waals surface area contributed by atoms with E-state index in [2.05, 4.69) is 25.3 Å². The van der Waals surface area contributed by atoms with Crippen LogP contribution in [0.25, 0.3) is 21.8 Å². The zero-order valence-corrected chi connectivity index (χ0v) is 36.5. The number of halogens is 3. The van der Waals surface area contributed by atoms with Gasteiger partial charge in [-0.1, -0.05) is 26.0 Å². The molecule has 3 aromatic heterocycles. The molecular formula is C42H50F3N7O8S2. The lowest BCUT2D eigenvalue weighted by Gasteiger charge is -2.34. The third kappa shape index (κ3) is 9.45. The minimum absolute atomic E-state index is 0.0464. The van der Waals surface area contributed by atoms with Crippen LogP contribution in [0.4, 0.5) is 18.0 Å². The molecule has 5 heterocycles. The standard InChI is InChI=1S/C42H50F3N7O8S2/c1-24-9-6-7-11-27-19-41(27,37(55)51-62(57,58)40(5)12-13-40)50-35(53)32-18-29(22-52(32)36(54)34(25(2)15-24)49-38(56)60-39(3,4)42(43,44)45)59-28-16-30(26-10-8-14-46-20-26)48-31(17-28)33-21-47-23-61-33/h7-8,10-11,14,16-17,20-21,23-25,27,29,32,34H,6,9,12-13,15,18-19,22H2,1-5H3,(H,49,56)(H,50,53)(H,51,55)/b11-7-/t24-,25-,27-,29-,32+,34+,41-/m1/s1. The molecule has 0 unspecified atom stereocenters. The molecule has 4 amide bonds. The lowest BCUT2D eigenvalue weighted by atomic mass is 9.88. The number of carbonyl (C=O) groups excluding carboxylic acids is 4. The zero-order chi connectivity index (χ0) is 44.8. The number of nitrogens with one attached hydrogen (secondary N) is 3. The number of nitrogens with zero attached hydrogens (tertiary/aromatic N) is 4. The molecule has 20 heteroatoms. The molecule has 3 fully saturated rings. The number of aromatic nitrogens is 3. The SMILES string of the molecule is C[C@@H]1CC/C=C\[C@@H]2C[C@@]2(C(=O)NS(=O)(=O)C2(C)CC2)NC(=O)[C@@H]2C[C@@H](Oc3cc(-c4cccnc4)nc(-c4cncs4)c3)CN2C(=O)[C@@H](NC(=O)OC(C)(C)C(F)(F)F)[C@H](C)C1. The third-order valence-corrected chi connectivity index (χ3v) is 15.3. The topological polar surface area (TPSA) is 199 Å². The van der Waals surface area contributed by atoms with Crippen LogP contribution in [0.1, 0.15) is 79.6 Å². The van der Waals surface area contributed by atoms with Crippen LogP contribution in [0.15, 0.2) is 60.5 Å². The molecule has 0 bridgehead atoms. The van der Waals surface area contributed by atoms with Crippen molar-refractivity contribution in [2.75, 3.05) is 6.54 Å². The second-order valence-corrected chi connectivity index (χ2v) is 20.7. The van der Waals surface area contributed by atoms with Crippen molar-refractivity contribution in [2.45, 2.75) is 120 Å². The summed E-state index contributed by atoms with van der Waals surface area (Å²) in [4.78, 5) is 71.9. The van der Waals surface area contributed by atoms with Crippen LogP contribution in [-0.4, -0.2) is 98.9 Å². The Morgan fingerprint density at radius 1 is 1.06 bits per heavy atom. The molecule has 2 aliphatic heterocycles. The third-order valence-electron chi connectivity index (χ3n) is 12.3. The summed E-state index contributed by atoms with van der Waals surface area (Å²) < 4.78 is 80.4. The smallest absolute Gasteiger partial charge is 0.427 e. The molecule has 7 rings (SSSR count). The Kier molecular flexibility index (Phi) is 12.2. The van der Waals surface area contributed by atoms with E-state index in [1.807, 2.05) is 19.1 Å². The number of fused-ring (bicyclic) bond motifs is 2. The summed E-state index contributed by atoms with van der Waals surface area (Å²) >= 11 is 1.36. The molecule has 0 spiro atoms. The summed E-state index contributed by atoms with van der Waals surface area (Å²) in [5, 5.41) is 5.21. The lowest BCUT2D eigenvalue weighted by Crippen LogP contribution is -2.59. The number of alkyl halides is 3. The van der Waals surface area contributed by atoms with E-state index in [1.165, 1.54) is 23.2 Å². The minimum Gasteiger partial charge on any atom is -0.488 e. The van der Waals surface area contributed by atoms with Gasteiger partial charge in [-0.25, -0.2) is 18.2 Å². The number of thiazole rings is 1. The van der Waals surface area contributed by atoms with Crippen molar-refractivity contribution in [3.05, 3.63) is 60.5 Å². The van der Waals surface area contributed by atoms with Gasteiger partial charge in [0.1, 0.15) is 29.5 Å². The molecule has 0 radical (unpaired) electrons. The van der Waals surface area contributed by atoms with Gasteiger partial charge in [0.2, 0.25) is 27.4 Å². The Balaban J connectivity index is 1.24. The van der Waals surface area contributed by atoms with Crippen LogP contribution in [-0.2, 0) is 29.1 Å². The van der Waals surface area contributed by atoms with E-state index < -0.39 is 85.9 Å². The molecule has 1 saturated heterocycles. The predicted octanol–water partition coefficient (Wildman–Crippen LogP) is 5.94. The number of amides is 4. The second kappa shape index (κ2) is 16.9. The number of ether oxygens (including phenoxy) is 2. The van der Waals surface area contributed by atoms with Gasteiger partial charge in [0.15, 0.2) is 0 Å².